The molecule has 0 spiro atoms. The van der Waals surface area contributed by atoms with Crippen molar-refractivity contribution in [1.82, 2.24) is 5.43 Å². The number of hydrogen-bond donors (Lipinski definition) is 3. The number of carbonyl (C=O) groups excluding carboxylic acids is 2. The zero-order valence-electron chi connectivity index (χ0n) is 15.4. The smallest absolute Gasteiger partial charge is 0.308 e. The van der Waals surface area contributed by atoms with Crippen LogP contribution in [0, 0.1) is 5.92 Å². The van der Waals surface area contributed by atoms with Gasteiger partial charge >= 0.3 is 6.03 Å². The maximum atomic E-state index is 12.4. The summed E-state index contributed by atoms with van der Waals surface area (Å²) in [6.07, 6.45) is 0.423. The summed E-state index contributed by atoms with van der Waals surface area (Å²) >= 11 is 0. The van der Waals surface area contributed by atoms with Gasteiger partial charge in [-0.3, -0.25) is 4.79 Å². The second-order valence-electron chi connectivity index (χ2n) is 6.82. The Labute approximate surface area is 162 Å². The molecule has 1 atom stereocenters. The van der Waals surface area contributed by atoms with Gasteiger partial charge < -0.3 is 10.6 Å². The van der Waals surface area contributed by atoms with E-state index in [1.54, 1.807) is 0 Å². The molecule has 140 valence electrons. The van der Waals surface area contributed by atoms with Crippen molar-refractivity contribution in [1.29, 1.82) is 0 Å². The average molecular weight is 372 g/mol. The molecule has 0 fully saturated rings. The van der Waals surface area contributed by atoms with E-state index in [1.165, 1.54) is 0 Å². The quantitative estimate of drug-likeness (QED) is 0.639. The minimum absolute atomic E-state index is 0.0576. The molecule has 1 aliphatic heterocycles. The van der Waals surface area contributed by atoms with Crippen molar-refractivity contribution in [3.05, 3.63) is 72.3 Å². The van der Waals surface area contributed by atoms with Crippen molar-refractivity contribution in [3.63, 3.8) is 0 Å². The third-order valence-electron chi connectivity index (χ3n) is 4.74. The number of hydrogen-bond acceptors (Lipinski definition) is 3. The van der Waals surface area contributed by atoms with Gasteiger partial charge in [0.2, 0.25) is 5.91 Å². The van der Waals surface area contributed by atoms with Crippen LogP contribution in [-0.2, 0) is 4.79 Å². The first-order valence-electron chi connectivity index (χ1n) is 9.13. The van der Waals surface area contributed by atoms with Crippen molar-refractivity contribution in [3.8, 4) is 0 Å². The van der Waals surface area contributed by atoms with Gasteiger partial charge in [-0.1, -0.05) is 55.5 Å². The van der Waals surface area contributed by atoms with Crippen LogP contribution >= 0.6 is 0 Å². The monoisotopic (exact) mass is 372 g/mol. The van der Waals surface area contributed by atoms with E-state index in [2.05, 4.69) is 21.2 Å². The predicted molar refractivity (Wildman–Crippen MR) is 111 cm³/mol. The van der Waals surface area contributed by atoms with Crippen LogP contribution in [0.5, 0.6) is 0 Å². The lowest BCUT2D eigenvalue weighted by molar-refractivity contribution is -0.121. The Morgan fingerprint density at radius 3 is 2.54 bits per heavy atom. The van der Waals surface area contributed by atoms with E-state index in [4.69, 9.17) is 0 Å². The van der Waals surface area contributed by atoms with Gasteiger partial charge in [0.05, 0.1) is 11.4 Å². The van der Waals surface area contributed by atoms with Crippen molar-refractivity contribution >= 4 is 39.8 Å². The number of urea groups is 1. The molecule has 3 aromatic carbocycles. The highest BCUT2D eigenvalue weighted by Crippen LogP contribution is 2.23. The maximum absolute atomic E-state index is 12.4. The highest BCUT2D eigenvalue weighted by molar-refractivity contribution is 6.07. The number of nitrogens with zero attached hydrogens (tertiary/aromatic N) is 1. The lowest BCUT2D eigenvalue weighted by Crippen LogP contribution is -2.31. The summed E-state index contributed by atoms with van der Waals surface area (Å²) in [5.74, 6) is -0.0122. The molecule has 3 aromatic rings. The first kappa shape index (κ1) is 17.7. The van der Waals surface area contributed by atoms with Crippen molar-refractivity contribution in [2.75, 3.05) is 10.6 Å². The van der Waals surface area contributed by atoms with Gasteiger partial charge in [0, 0.05) is 23.4 Å². The fourth-order valence-electron chi connectivity index (χ4n) is 3.35. The lowest BCUT2D eigenvalue weighted by atomic mass is 9.94. The molecule has 0 saturated carbocycles. The van der Waals surface area contributed by atoms with Gasteiger partial charge in [0.15, 0.2) is 0 Å². The number of benzene rings is 3. The molecule has 3 amide bonds. The zero-order chi connectivity index (χ0) is 19.5. The molecule has 0 radical (unpaired) electrons. The minimum atomic E-state index is -0.306. The van der Waals surface area contributed by atoms with Crippen LogP contribution in [0.15, 0.2) is 71.8 Å². The molecule has 4 rings (SSSR count). The third kappa shape index (κ3) is 3.71. The van der Waals surface area contributed by atoms with Crippen LogP contribution in [0.1, 0.15) is 18.9 Å². The third-order valence-corrected chi connectivity index (χ3v) is 4.74. The predicted octanol–water partition coefficient (Wildman–Crippen LogP) is 4.34. The van der Waals surface area contributed by atoms with Gasteiger partial charge in [-0.2, -0.15) is 5.10 Å². The van der Waals surface area contributed by atoms with Crippen LogP contribution < -0.4 is 16.1 Å². The van der Waals surface area contributed by atoms with E-state index >= 15 is 0 Å². The van der Waals surface area contributed by atoms with Gasteiger partial charge in [-0.25, -0.2) is 10.2 Å². The molecule has 0 bridgehead atoms. The van der Waals surface area contributed by atoms with Gasteiger partial charge in [0.1, 0.15) is 0 Å². The SMILES string of the molecule is CC1CC(=O)NN=C1c1ccc(NC(=O)Nc2cccc3ccccc23)cc1. The Hall–Kier alpha value is -3.67. The Balaban J connectivity index is 1.46. The van der Waals surface area contributed by atoms with Crippen molar-refractivity contribution < 1.29 is 9.59 Å². The van der Waals surface area contributed by atoms with Crippen molar-refractivity contribution in [2.24, 2.45) is 11.0 Å². The van der Waals surface area contributed by atoms with Gasteiger partial charge in [0.25, 0.3) is 0 Å². The van der Waals surface area contributed by atoms with E-state index in [-0.39, 0.29) is 17.9 Å². The molecular formula is C22H20N4O2. The number of rotatable bonds is 3. The Morgan fingerprint density at radius 1 is 1.00 bits per heavy atom. The standard InChI is InChI=1S/C22H20N4O2/c1-14-13-20(27)25-26-21(14)16-9-11-17(12-10-16)23-22(28)24-19-8-4-6-15-5-2-3-7-18(15)19/h2-12,14H,13H2,1H3,(H,25,27)(H2,23,24,28). The Kier molecular flexibility index (Phi) is 4.76. The first-order chi connectivity index (χ1) is 13.6. The lowest BCUT2D eigenvalue weighted by Gasteiger charge is -2.19. The van der Waals surface area contributed by atoms with E-state index in [0.29, 0.717) is 12.1 Å². The highest BCUT2D eigenvalue weighted by atomic mass is 16.2. The summed E-state index contributed by atoms with van der Waals surface area (Å²) in [6.45, 7) is 1.97. The zero-order valence-corrected chi connectivity index (χ0v) is 15.4. The summed E-state index contributed by atoms with van der Waals surface area (Å²) < 4.78 is 0. The van der Waals surface area contributed by atoms with E-state index < -0.39 is 0 Å². The topological polar surface area (TPSA) is 82.6 Å². The molecule has 0 saturated heterocycles. The summed E-state index contributed by atoms with van der Waals surface area (Å²) in [7, 11) is 0. The molecule has 6 heteroatoms. The molecule has 1 unspecified atom stereocenters. The molecular weight excluding hydrogens is 352 g/mol. The summed E-state index contributed by atoms with van der Waals surface area (Å²) in [5, 5.41) is 12.0. The van der Waals surface area contributed by atoms with Crippen LogP contribution in [0.4, 0.5) is 16.2 Å². The second-order valence-corrected chi connectivity index (χ2v) is 6.82. The fourth-order valence-corrected chi connectivity index (χ4v) is 3.35. The van der Waals surface area contributed by atoms with Gasteiger partial charge in [-0.05, 0) is 29.1 Å². The molecule has 1 heterocycles. The minimum Gasteiger partial charge on any atom is -0.308 e. The Morgan fingerprint density at radius 2 is 1.75 bits per heavy atom. The number of nitrogens with one attached hydrogen (secondary N) is 3. The number of carbonyl (C=O) groups is 2. The van der Waals surface area contributed by atoms with E-state index in [0.717, 1.165) is 27.7 Å². The highest BCUT2D eigenvalue weighted by Gasteiger charge is 2.21. The van der Waals surface area contributed by atoms with Crippen LogP contribution in [-0.4, -0.2) is 17.6 Å². The average Bonchev–Trinajstić information content (AvgIpc) is 2.69. The molecule has 28 heavy (non-hydrogen) atoms. The second kappa shape index (κ2) is 7.52. The number of amides is 3. The number of hydrazone groups is 1. The molecule has 0 aromatic heterocycles. The molecule has 0 aliphatic carbocycles. The summed E-state index contributed by atoms with van der Waals surface area (Å²) in [6, 6.07) is 20.8. The fraction of sp³-hybridized carbons (Fsp3) is 0.136. The first-order valence-corrected chi connectivity index (χ1v) is 9.13. The normalized spacial score (nSPS) is 16.2. The largest absolute Gasteiger partial charge is 0.323 e. The maximum Gasteiger partial charge on any atom is 0.323 e. The van der Waals surface area contributed by atoms with E-state index in [1.807, 2.05) is 73.7 Å². The molecule has 1 aliphatic rings. The van der Waals surface area contributed by atoms with Crippen LogP contribution in [0.2, 0.25) is 0 Å². The Bertz CT molecular complexity index is 1070. The van der Waals surface area contributed by atoms with Gasteiger partial charge in [-0.15, -0.1) is 0 Å². The molecule has 3 N–H and O–H groups in total. The van der Waals surface area contributed by atoms with E-state index in [9.17, 15) is 9.59 Å². The number of fused-ring (bicyclic) bond motifs is 1. The summed E-state index contributed by atoms with van der Waals surface area (Å²) in [5.41, 5.74) is 5.72. The van der Waals surface area contributed by atoms with Crippen molar-refractivity contribution in [2.45, 2.75) is 13.3 Å². The van der Waals surface area contributed by atoms with Crippen LogP contribution in [0.3, 0.4) is 0 Å². The van der Waals surface area contributed by atoms with Crippen LogP contribution in [0.25, 0.3) is 10.8 Å². The molecule has 6 nitrogen and oxygen atoms in total. The number of anilines is 2. The summed E-state index contributed by atoms with van der Waals surface area (Å²) in [4.78, 5) is 23.8.